The number of nitrogens with two attached hydrogens (primary N) is 1. The van der Waals surface area contributed by atoms with Crippen molar-refractivity contribution in [3.05, 3.63) is 0 Å². The predicted molar refractivity (Wildman–Crippen MR) is 69.4 cm³/mol. The Hall–Kier alpha value is -1.17. The highest BCUT2D eigenvalue weighted by Crippen LogP contribution is 2.09. The summed E-state index contributed by atoms with van der Waals surface area (Å²) in [4.78, 5) is 25.5. The fraction of sp³-hybridized carbons (Fsp3) is 0.727. The maximum absolute atomic E-state index is 11.9. The lowest BCUT2D eigenvalue weighted by atomic mass is 10.1. The Morgan fingerprint density at radius 2 is 1.82 bits per heavy atom. The van der Waals surface area contributed by atoms with Crippen LogP contribution in [0.1, 0.15) is 26.7 Å². The lowest BCUT2D eigenvalue weighted by molar-refractivity contribution is -0.135. The first-order chi connectivity index (χ1) is 7.93. The molecule has 0 aromatic rings. The van der Waals surface area contributed by atoms with Crippen molar-refractivity contribution in [1.82, 2.24) is 10.2 Å². The van der Waals surface area contributed by atoms with Gasteiger partial charge in [0.05, 0.1) is 10.9 Å². The van der Waals surface area contributed by atoms with Gasteiger partial charge in [-0.15, -0.1) is 0 Å². The minimum atomic E-state index is -0.543. The van der Waals surface area contributed by atoms with Crippen molar-refractivity contribution >= 4 is 29.0 Å². The normalized spacial score (nSPS) is 18.6. The molecule has 1 saturated heterocycles. The van der Waals surface area contributed by atoms with Gasteiger partial charge in [0.2, 0.25) is 11.8 Å². The second kappa shape index (κ2) is 5.95. The Bertz CT molecular complexity index is 327. The number of thiocarbonyl (C=S) groups is 1. The number of nitrogens with zero attached hydrogens (tertiary/aromatic N) is 1. The van der Waals surface area contributed by atoms with Gasteiger partial charge in [0.25, 0.3) is 0 Å². The molecule has 0 aromatic heterocycles. The number of rotatable bonds is 4. The van der Waals surface area contributed by atoms with Gasteiger partial charge in [-0.1, -0.05) is 12.2 Å². The predicted octanol–water partition coefficient (Wildman–Crippen LogP) is 0.0357. The number of carbonyl (C=O) groups is 2. The molecule has 0 spiro atoms. The minimum Gasteiger partial charge on any atom is -0.393 e. The molecule has 3 N–H and O–H groups in total. The Morgan fingerprint density at radius 1 is 1.29 bits per heavy atom. The molecule has 2 atom stereocenters. The number of nitrogens with one attached hydrogen (secondary N) is 1. The van der Waals surface area contributed by atoms with Crippen molar-refractivity contribution in [1.29, 1.82) is 0 Å². The van der Waals surface area contributed by atoms with Gasteiger partial charge in [-0.05, 0) is 26.7 Å². The number of hydrogen-bond acceptors (Lipinski definition) is 3. The van der Waals surface area contributed by atoms with Gasteiger partial charge in [-0.2, -0.15) is 0 Å². The summed E-state index contributed by atoms with van der Waals surface area (Å²) in [5.41, 5.74) is 5.39. The summed E-state index contributed by atoms with van der Waals surface area (Å²) >= 11 is 4.74. The van der Waals surface area contributed by atoms with Crippen molar-refractivity contribution in [2.24, 2.45) is 11.7 Å². The van der Waals surface area contributed by atoms with Crippen molar-refractivity contribution < 1.29 is 9.59 Å². The average molecular weight is 257 g/mol. The summed E-state index contributed by atoms with van der Waals surface area (Å²) < 4.78 is 0. The van der Waals surface area contributed by atoms with Crippen molar-refractivity contribution in [2.45, 2.75) is 32.7 Å². The highest BCUT2D eigenvalue weighted by molar-refractivity contribution is 7.80. The van der Waals surface area contributed by atoms with Crippen LogP contribution in [0.2, 0.25) is 0 Å². The van der Waals surface area contributed by atoms with Crippen LogP contribution < -0.4 is 11.1 Å². The molecule has 96 valence electrons. The van der Waals surface area contributed by atoms with E-state index >= 15 is 0 Å². The number of amides is 2. The molecule has 1 heterocycles. The SMILES string of the molecule is CC(NC(=O)C(C)C(N)=S)C(=O)N1CCCC1. The third-order valence-electron chi connectivity index (χ3n) is 2.97. The molecule has 0 saturated carbocycles. The highest BCUT2D eigenvalue weighted by Gasteiger charge is 2.26. The molecule has 1 fully saturated rings. The van der Waals surface area contributed by atoms with Crippen molar-refractivity contribution in [3.8, 4) is 0 Å². The summed E-state index contributed by atoms with van der Waals surface area (Å²) in [6.07, 6.45) is 2.07. The average Bonchev–Trinajstić information content (AvgIpc) is 2.79. The highest BCUT2D eigenvalue weighted by atomic mass is 32.1. The summed E-state index contributed by atoms with van der Waals surface area (Å²) in [5, 5.41) is 2.64. The molecule has 1 rings (SSSR count). The molecule has 5 nitrogen and oxygen atoms in total. The first-order valence-electron chi connectivity index (χ1n) is 5.82. The maximum Gasteiger partial charge on any atom is 0.244 e. The van der Waals surface area contributed by atoms with Crippen LogP contribution in [-0.2, 0) is 9.59 Å². The fourth-order valence-corrected chi connectivity index (χ4v) is 1.85. The van der Waals surface area contributed by atoms with Crippen LogP contribution in [0, 0.1) is 5.92 Å². The molecule has 17 heavy (non-hydrogen) atoms. The zero-order chi connectivity index (χ0) is 13.0. The lowest BCUT2D eigenvalue weighted by Gasteiger charge is -2.22. The first-order valence-corrected chi connectivity index (χ1v) is 6.22. The topological polar surface area (TPSA) is 75.4 Å². The summed E-state index contributed by atoms with van der Waals surface area (Å²) in [5.74, 6) is -0.873. The van der Waals surface area contributed by atoms with Crippen LogP contribution in [0.15, 0.2) is 0 Å². The number of likely N-dealkylation sites (tertiary alicyclic amines) is 1. The van der Waals surface area contributed by atoms with E-state index in [0.29, 0.717) is 0 Å². The molecular formula is C11H19N3O2S. The van der Waals surface area contributed by atoms with Gasteiger partial charge in [0.1, 0.15) is 6.04 Å². The van der Waals surface area contributed by atoms with E-state index in [1.807, 2.05) is 0 Å². The second-order valence-electron chi connectivity index (χ2n) is 4.39. The van der Waals surface area contributed by atoms with Gasteiger partial charge in [0, 0.05) is 13.1 Å². The van der Waals surface area contributed by atoms with Gasteiger partial charge in [-0.25, -0.2) is 0 Å². The van der Waals surface area contributed by atoms with E-state index in [0.717, 1.165) is 25.9 Å². The van der Waals surface area contributed by atoms with E-state index in [1.165, 1.54) is 0 Å². The van der Waals surface area contributed by atoms with Crippen LogP contribution >= 0.6 is 12.2 Å². The monoisotopic (exact) mass is 257 g/mol. The Balaban J connectivity index is 2.47. The number of hydrogen-bond donors (Lipinski definition) is 2. The maximum atomic E-state index is 11.9. The van der Waals surface area contributed by atoms with Crippen molar-refractivity contribution in [2.75, 3.05) is 13.1 Å². The molecule has 0 aromatic carbocycles. The molecule has 1 aliphatic rings. The molecule has 2 amide bonds. The fourth-order valence-electron chi connectivity index (χ4n) is 1.74. The zero-order valence-corrected chi connectivity index (χ0v) is 11.0. The van der Waals surface area contributed by atoms with Crippen LogP contribution in [0.5, 0.6) is 0 Å². The first kappa shape index (κ1) is 13.9. The number of carbonyl (C=O) groups excluding carboxylic acids is 2. The summed E-state index contributed by atoms with van der Waals surface area (Å²) in [6, 6.07) is -0.516. The van der Waals surface area contributed by atoms with Crippen LogP contribution in [0.3, 0.4) is 0 Å². The third-order valence-corrected chi connectivity index (χ3v) is 3.32. The standard InChI is InChI=1S/C11H19N3O2S/c1-7(9(12)17)10(15)13-8(2)11(16)14-5-3-4-6-14/h7-8H,3-6H2,1-2H3,(H2,12,17)(H,13,15). The van der Waals surface area contributed by atoms with E-state index in [9.17, 15) is 9.59 Å². The van der Waals surface area contributed by atoms with Crippen LogP contribution in [0.25, 0.3) is 0 Å². The smallest absolute Gasteiger partial charge is 0.244 e. The van der Waals surface area contributed by atoms with E-state index in [1.54, 1.807) is 18.7 Å². The Kier molecular flexibility index (Phi) is 4.86. The van der Waals surface area contributed by atoms with Crippen LogP contribution in [0.4, 0.5) is 0 Å². The second-order valence-corrected chi connectivity index (χ2v) is 4.86. The van der Waals surface area contributed by atoms with Gasteiger partial charge in [-0.3, -0.25) is 9.59 Å². The molecule has 0 aliphatic carbocycles. The Labute approximate surface area is 107 Å². The van der Waals surface area contributed by atoms with E-state index in [2.05, 4.69) is 5.32 Å². The van der Waals surface area contributed by atoms with E-state index in [-0.39, 0.29) is 16.8 Å². The van der Waals surface area contributed by atoms with Gasteiger partial charge in [0.15, 0.2) is 0 Å². The van der Waals surface area contributed by atoms with Gasteiger partial charge < -0.3 is 16.0 Å². The summed E-state index contributed by atoms with van der Waals surface area (Å²) in [7, 11) is 0. The molecule has 6 heteroatoms. The molecular weight excluding hydrogens is 238 g/mol. The summed E-state index contributed by atoms with van der Waals surface area (Å²) in [6.45, 7) is 4.88. The molecule has 0 radical (unpaired) electrons. The zero-order valence-electron chi connectivity index (χ0n) is 10.2. The molecule has 1 aliphatic heterocycles. The van der Waals surface area contributed by atoms with Gasteiger partial charge >= 0.3 is 0 Å². The van der Waals surface area contributed by atoms with E-state index in [4.69, 9.17) is 18.0 Å². The minimum absolute atomic E-state index is 0.0361. The molecule has 0 bridgehead atoms. The van der Waals surface area contributed by atoms with E-state index < -0.39 is 12.0 Å². The van der Waals surface area contributed by atoms with Crippen LogP contribution in [-0.4, -0.2) is 40.8 Å². The third kappa shape index (κ3) is 3.66. The quantitative estimate of drug-likeness (QED) is 0.697. The molecule has 2 unspecified atom stereocenters. The lowest BCUT2D eigenvalue weighted by Crippen LogP contribution is -2.48. The van der Waals surface area contributed by atoms with Crippen molar-refractivity contribution in [3.63, 3.8) is 0 Å². The Morgan fingerprint density at radius 3 is 2.29 bits per heavy atom. The largest absolute Gasteiger partial charge is 0.393 e.